The van der Waals surface area contributed by atoms with Crippen LogP contribution >= 0.6 is 0 Å². The summed E-state index contributed by atoms with van der Waals surface area (Å²) in [6, 6.07) is 10.5. The van der Waals surface area contributed by atoms with Crippen molar-refractivity contribution >= 4 is 11.8 Å². The van der Waals surface area contributed by atoms with Crippen LogP contribution in [-0.4, -0.2) is 40.8 Å². The van der Waals surface area contributed by atoms with Gasteiger partial charge in [0, 0.05) is 18.8 Å². The average molecular weight is 358 g/mol. The molecule has 2 rings (SSSR count). The maximum absolute atomic E-state index is 12.0. The number of aryl methyl sites for hydroxylation is 3. The van der Waals surface area contributed by atoms with Gasteiger partial charge in [-0.3, -0.25) is 14.3 Å². The van der Waals surface area contributed by atoms with E-state index >= 15 is 0 Å². The van der Waals surface area contributed by atoms with Gasteiger partial charge in [-0.2, -0.15) is 5.10 Å². The lowest BCUT2D eigenvalue weighted by molar-refractivity contribution is -0.129. The number of para-hydroxylation sites is 1. The van der Waals surface area contributed by atoms with E-state index in [1.54, 1.807) is 19.1 Å². The summed E-state index contributed by atoms with van der Waals surface area (Å²) in [6.07, 6.45) is 0.769. The smallest absolute Gasteiger partial charge is 0.258 e. The maximum atomic E-state index is 12.0. The second-order valence-electron chi connectivity index (χ2n) is 6.19. The number of nitrogens with zero attached hydrogens (tertiary/aromatic N) is 2. The van der Waals surface area contributed by atoms with E-state index in [0.717, 1.165) is 24.4 Å². The van der Waals surface area contributed by atoms with E-state index in [-0.39, 0.29) is 18.4 Å². The van der Waals surface area contributed by atoms with Crippen molar-refractivity contribution in [2.45, 2.75) is 39.8 Å². The topological polar surface area (TPSA) is 85.2 Å². The van der Waals surface area contributed by atoms with Crippen molar-refractivity contribution in [3.63, 3.8) is 0 Å². The molecule has 2 aromatic rings. The Morgan fingerprint density at radius 2 is 1.96 bits per heavy atom. The Labute approximate surface area is 153 Å². The van der Waals surface area contributed by atoms with Gasteiger partial charge >= 0.3 is 0 Å². The minimum atomic E-state index is -0.615. The number of rotatable bonds is 9. The summed E-state index contributed by atoms with van der Waals surface area (Å²) < 4.78 is 7.28. The van der Waals surface area contributed by atoms with Gasteiger partial charge in [0.2, 0.25) is 5.91 Å². The highest BCUT2D eigenvalue weighted by atomic mass is 16.5. The summed E-state index contributed by atoms with van der Waals surface area (Å²) in [5.41, 5.74) is 2.09. The lowest BCUT2D eigenvalue weighted by atomic mass is 10.3. The third-order valence-corrected chi connectivity index (χ3v) is 3.83. The molecular weight excluding hydrogens is 332 g/mol. The molecule has 2 amide bonds. The van der Waals surface area contributed by atoms with Gasteiger partial charge in [0.1, 0.15) is 11.8 Å². The summed E-state index contributed by atoms with van der Waals surface area (Å²) in [6.45, 7) is 6.75. The van der Waals surface area contributed by atoms with Gasteiger partial charge in [-0.25, -0.2) is 0 Å². The van der Waals surface area contributed by atoms with Crippen molar-refractivity contribution < 1.29 is 14.3 Å². The molecule has 0 aliphatic heterocycles. The molecule has 7 nitrogen and oxygen atoms in total. The molecule has 1 atom stereocenters. The molecule has 0 aliphatic carbocycles. The first kappa shape index (κ1) is 19.5. The van der Waals surface area contributed by atoms with Crippen molar-refractivity contribution in [3.05, 3.63) is 47.8 Å². The van der Waals surface area contributed by atoms with Gasteiger partial charge < -0.3 is 15.4 Å². The third-order valence-electron chi connectivity index (χ3n) is 3.83. The predicted molar refractivity (Wildman–Crippen MR) is 98.9 cm³/mol. The van der Waals surface area contributed by atoms with Crippen LogP contribution in [0.1, 0.15) is 24.7 Å². The second kappa shape index (κ2) is 9.60. The largest absolute Gasteiger partial charge is 0.484 e. The molecule has 26 heavy (non-hydrogen) atoms. The van der Waals surface area contributed by atoms with Crippen molar-refractivity contribution in [2.24, 2.45) is 0 Å². The second-order valence-corrected chi connectivity index (χ2v) is 6.19. The van der Waals surface area contributed by atoms with Crippen LogP contribution in [0.25, 0.3) is 0 Å². The number of carbonyl (C=O) groups is 2. The molecule has 1 heterocycles. The van der Waals surface area contributed by atoms with Crippen LogP contribution in [-0.2, 0) is 16.1 Å². The summed E-state index contributed by atoms with van der Waals surface area (Å²) in [7, 11) is 0. The van der Waals surface area contributed by atoms with E-state index in [9.17, 15) is 9.59 Å². The van der Waals surface area contributed by atoms with Crippen molar-refractivity contribution in [3.8, 4) is 5.75 Å². The Bertz CT molecular complexity index is 728. The van der Waals surface area contributed by atoms with E-state index in [4.69, 9.17) is 4.74 Å². The van der Waals surface area contributed by atoms with Gasteiger partial charge in [0.05, 0.1) is 5.69 Å². The first-order valence-electron chi connectivity index (χ1n) is 8.71. The molecule has 0 bridgehead atoms. The predicted octanol–water partition coefficient (Wildman–Crippen LogP) is 1.59. The normalized spacial score (nSPS) is 11.7. The Kier molecular flexibility index (Phi) is 7.20. The molecule has 0 saturated carbocycles. The Balaban J connectivity index is 1.63. The highest BCUT2D eigenvalue weighted by Crippen LogP contribution is 2.07. The zero-order valence-electron chi connectivity index (χ0n) is 15.5. The standard InChI is InChI=1S/C19H26N4O3/c1-14-12-15(2)23(22-14)11-7-10-20-19(25)16(3)21-18(24)13-26-17-8-5-4-6-9-17/h4-6,8-9,12,16H,7,10-11,13H2,1-3H3,(H,20,25)(H,21,24)/t16-/m1/s1. The lowest BCUT2D eigenvalue weighted by Crippen LogP contribution is -2.46. The van der Waals surface area contributed by atoms with E-state index in [1.807, 2.05) is 42.8 Å². The van der Waals surface area contributed by atoms with E-state index in [1.165, 1.54) is 0 Å². The fraction of sp³-hybridized carbons (Fsp3) is 0.421. The lowest BCUT2D eigenvalue weighted by Gasteiger charge is -2.14. The Morgan fingerprint density at radius 3 is 2.62 bits per heavy atom. The van der Waals surface area contributed by atoms with E-state index in [2.05, 4.69) is 15.7 Å². The number of hydrogen-bond acceptors (Lipinski definition) is 4. The van der Waals surface area contributed by atoms with Crippen LogP contribution in [0.5, 0.6) is 5.75 Å². The monoisotopic (exact) mass is 358 g/mol. The van der Waals surface area contributed by atoms with Crippen LogP contribution < -0.4 is 15.4 Å². The van der Waals surface area contributed by atoms with Gasteiger partial charge in [-0.1, -0.05) is 18.2 Å². The number of carbonyl (C=O) groups excluding carboxylic acids is 2. The summed E-state index contributed by atoms with van der Waals surface area (Å²) >= 11 is 0. The molecular formula is C19H26N4O3. The van der Waals surface area contributed by atoms with E-state index < -0.39 is 6.04 Å². The van der Waals surface area contributed by atoms with Crippen molar-refractivity contribution in [2.75, 3.05) is 13.2 Å². The fourth-order valence-corrected chi connectivity index (χ4v) is 2.51. The first-order chi connectivity index (χ1) is 12.5. The Hall–Kier alpha value is -2.83. The van der Waals surface area contributed by atoms with Gasteiger partial charge in [-0.05, 0) is 45.4 Å². The molecule has 1 aromatic carbocycles. The number of nitrogens with one attached hydrogen (secondary N) is 2. The molecule has 7 heteroatoms. The molecule has 140 valence electrons. The molecule has 2 N–H and O–H groups in total. The molecule has 0 aliphatic rings. The minimum absolute atomic E-state index is 0.125. The van der Waals surface area contributed by atoms with Crippen LogP contribution in [0.15, 0.2) is 36.4 Å². The van der Waals surface area contributed by atoms with Gasteiger partial charge in [0.15, 0.2) is 6.61 Å². The maximum Gasteiger partial charge on any atom is 0.258 e. The number of benzene rings is 1. The molecule has 1 aromatic heterocycles. The number of ether oxygens (including phenoxy) is 1. The number of amides is 2. The first-order valence-corrected chi connectivity index (χ1v) is 8.71. The van der Waals surface area contributed by atoms with E-state index in [0.29, 0.717) is 12.3 Å². The fourth-order valence-electron chi connectivity index (χ4n) is 2.51. The summed E-state index contributed by atoms with van der Waals surface area (Å²) in [4.78, 5) is 23.9. The quantitative estimate of drug-likeness (QED) is 0.667. The van der Waals surface area contributed by atoms with Gasteiger partial charge in [0.25, 0.3) is 5.91 Å². The van der Waals surface area contributed by atoms with Crippen LogP contribution in [0.2, 0.25) is 0 Å². The number of hydrogen-bond donors (Lipinski definition) is 2. The molecule has 0 saturated heterocycles. The van der Waals surface area contributed by atoms with Crippen LogP contribution in [0.4, 0.5) is 0 Å². The highest BCUT2D eigenvalue weighted by molar-refractivity contribution is 5.87. The van der Waals surface area contributed by atoms with Crippen molar-refractivity contribution in [1.29, 1.82) is 0 Å². The average Bonchev–Trinajstić information content (AvgIpc) is 2.95. The zero-order valence-corrected chi connectivity index (χ0v) is 15.5. The summed E-state index contributed by atoms with van der Waals surface area (Å²) in [5, 5.41) is 9.83. The van der Waals surface area contributed by atoms with Crippen LogP contribution in [0, 0.1) is 13.8 Å². The number of aromatic nitrogens is 2. The zero-order chi connectivity index (χ0) is 18.9. The molecule has 0 fully saturated rings. The highest BCUT2D eigenvalue weighted by Gasteiger charge is 2.15. The van der Waals surface area contributed by atoms with Gasteiger partial charge in [-0.15, -0.1) is 0 Å². The minimum Gasteiger partial charge on any atom is -0.484 e. The molecule has 0 unspecified atom stereocenters. The van der Waals surface area contributed by atoms with Crippen LogP contribution in [0.3, 0.4) is 0 Å². The SMILES string of the molecule is Cc1cc(C)n(CCCNC(=O)[C@@H](C)NC(=O)COc2ccccc2)n1. The molecule has 0 spiro atoms. The third kappa shape index (κ3) is 6.23. The summed E-state index contributed by atoms with van der Waals surface area (Å²) in [5.74, 6) is 0.0643. The Morgan fingerprint density at radius 1 is 1.23 bits per heavy atom. The molecule has 0 radical (unpaired) electrons. The van der Waals surface area contributed by atoms with Crippen molar-refractivity contribution in [1.82, 2.24) is 20.4 Å².